The number of aromatic hydroxyl groups is 1. The molecule has 0 aliphatic rings. The molecular formula is C50H50ClN11O14S6. The Labute approximate surface area is 484 Å². The first-order valence-electron chi connectivity index (χ1n) is 24.2. The predicted octanol–water partition coefficient (Wildman–Crippen LogP) is 13.6. The highest BCUT2D eigenvalue weighted by Gasteiger charge is 2.23. The van der Waals surface area contributed by atoms with E-state index in [9.17, 15) is 62.3 Å². The van der Waals surface area contributed by atoms with Crippen LogP contribution in [0.1, 0.15) is 53.5 Å². The molecule has 0 saturated heterocycles. The van der Waals surface area contributed by atoms with E-state index in [-0.39, 0.29) is 94.4 Å². The summed E-state index contributed by atoms with van der Waals surface area (Å²) in [4.78, 5) is 4.96. The van der Waals surface area contributed by atoms with Crippen molar-refractivity contribution < 1.29 is 61.7 Å². The lowest BCUT2D eigenvalue weighted by Crippen LogP contribution is -2.06. The molecule has 0 fully saturated rings. The Balaban J connectivity index is 1.26. The molecule has 7 aromatic rings. The standard InChI is InChI=1S/C50H50ClN11O14S6/c1-29-21-41(58-61-48-32(4)36(28-52)49-53-37-14-13-35(82(73,74)75)24-44(37)62(49)50(48)63)45(76-15-5-6-18-79(64,65)66)25-38(29)56-59-42-23-31(3)40(27-47(42)78-17-8-20-81(70,71)72)57-60-43-22-30(2)39(55-54-34-11-9-33(51)10-12-34)26-46(43)77-16-7-19-80(67,68)69/h9-14,21-27,63H,5-8,15-20H2,1-4H3,(H,64,65,66)(H,67,68,69)(H,70,71,72)(H,73,74,75). The summed E-state index contributed by atoms with van der Waals surface area (Å²) in [6, 6.07) is 22.1. The van der Waals surface area contributed by atoms with Crippen LogP contribution < -0.4 is 4.74 Å². The summed E-state index contributed by atoms with van der Waals surface area (Å²) < 4.78 is 138. The minimum absolute atomic E-state index is 0.0235. The van der Waals surface area contributed by atoms with Crippen molar-refractivity contribution in [2.75, 3.05) is 35.4 Å². The van der Waals surface area contributed by atoms with Gasteiger partial charge in [-0.05, 0) is 154 Å². The molecule has 0 bridgehead atoms. The van der Waals surface area contributed by atoms with Gasteiger partial charge in [0.1, 0.15) is 23.1 Å². The fraction of sp³-hybridized carbons (Fsp3) is 0.280. The molecule has 0 aliphatic carbocycles. The predicted molar refractivity (Wildman–Crippen MR) is 310 cm³/mol. The van der Waals surface area contributed by atoms with Gasteiger partial charge in [-0.2, -0.15) is 59.4 Å². The maximum absolute atomic E-state index is 12.0. The van der Waals surface area contributed by atoms with Crippen molar-refractivity contribution in [1.82, 2.24) is 9.38 Å². The van der Waals surface area contributed by atoms with E-state index in [0.29, 0.717) is 59.9 Å². The fourth-order valence-corrected chi connectivity index (χ4v) is 12.1. The van der Waals surface area contributed by atoms with Crippen LogP contribution >= 0.6 is 35.1 Å². The Morgan fingerprint density at radius 3 is 1.61 bits per heavy atom. The molecule has 2 heterocycles. The molecule has 5 aromatic carbocycles. The molecule has 82 heavy (non-hydrogen) atoms. The lowest BCUT2D eigenvalue weighted by molar-refractivity contribution is 0.310. The maximum atomic E-state index is 12.0. The van der Waals surface area contributed by atoms with Crippen LogP contribution in [0.15, 0.2) is 134 Å². The van der Waals surface area contributed by atoms with Crippen LogP contribution in [0.4, 0.5) is 45.5 Å². The van der Waals surface area contributed by atoms with Gasteiger partial charge in [0.15, 0.2) is 11.3 Å². The van der Waals surface area contributed by atoms with Crippen LogP contribution in [0.3, 0.4) is 0 Å². The number of fused-ring (bicyclic) bond motifs is 3. The van der Waals surface area contributed by atoms with Gasteiger partial charge in [0.2, 0.25) is 5.88 Å². The number of unbranched alkanes of at least 4 members (excludes halogenated alkanes) is 1. The molecule has 0 spiro atoms. The Morgan fingerprint density at radius 1 is 0.598 bits per heavy atom. The van der Waals surface area contributed by atoms with Gasteiger partial charge in [-0.3, -0.25) is 22.6 Å². The average molecular weight is 1260 g/mol. The van der Waals surface area contributed by atoms with Crippen LogP contribution in [0.25, 0.3) is 16.7 Å². The summed E-state index contributed by atoms with van der Waals surface area (Å²) in [5.41, 5.74) is 4.27. The number of aryl methyl sites for hydroxylation is 3. The van der Waals surface area contributed by atoms with Crippen molar-refractivity contribution in [2.45, 2.75) is 68.1 Å². The third kappa shape index (κ3) is 17.1. The van der Waals surface area contributed by atoms with Gasteiger partial charge in [0, 0.05) is 26.4 Å². The van der Waals surface area contributed by atoms with Crippen LogP contribution in [-0.2, 0) is 40.5 Å². The quantitative estimate of drug-likeness (QED) is 0.0154. The van der Waals surface area contributed by atoms with Gasteiger partial charge in [-0.25, -0.2) is 4.98 Å². The first kappa shape index (κ1) is 62.8. The number of nitriles is 1. The number of thioether (sulfide) groups is 2. The highest BCUT2D eigenvalue weighted by atomic mass is 35.5. The molecule has 0 unspecified atom stereocenters. The summed E-state index contributed by atoms with van der Waals surface area (Å²) in [5.74, 6) is -1.55. The van der Waals surface area contributed by atoms with Crippen molar-refractivity contribution in [3.8, 4) is 17.7 Å². The van der Waals surface area contributed by atoms with E-state index in [4.69, 9.17) is 16.3 Å². The number of aromatic nitrogens is 2. The summed E-state index contributed by atoms with van der Waals surface area (Å²) >= 11 is 8.50. The molecule has 432 valence electrons. The number of halogens is 1. The molecule has 7 rings (SSSR count). The highest BCUT2D eigenvalue weighted by Crippen LogP contribution is 2.44. The Hall–Kier alpha value is -6.83. The number of pyridine rings is 1. The van der Waals surface area contributed by atoms with E-state index in [1.54, 1.807) is 69.3 Å². The van der Waals surface area contributed by atoms with Crippen molar-refractivity contribution in [3.05, 3.63) is 112 Å². The number of hydrogen-bond acceptors (Lipinski definition) is 22. The first-order valence-corrected chi connectivity index (χ1v) is 32.8. The van der Waals surface area contributed by atoms with Gasteiger partial charge >= 0.3 is 0 Å². The minimum Gasteiger partial charge on any atom is -0.493 e. The monoisotopic (exact) mass is 1260 g/mol. The zero-order valence-electron chi connectivity index (χ0n) is 43.7. The van der Waals surface area contributed by atoms with Crippen molar-refractivity contribution in [2.24, 2.45) is 40.9 Å². The SMILES string of the molecule is Cc1cc(N=Nc2cc(SCCCS(=O)(=O)O)c(N=Nc3cc(OCCCCS(=O)(=O)O)c(N=Nc4c(C)c(C#N)c5nc6ccc(S(=O)(=O)O)cc6n5c4O)cc3C)cc2C)c(SCCCS(=O)(=O)O)cc1N=Nc1ccc(Cl)cc1. The molecule has 0 amide bonds. The Morgan fingerprint density at radius 2 is 1.09 bits per heavy atom. The van der Waals surface area contributed by atoms with Crippen LogP contribution in [0.2, 0.25) is 5.02 Å². The second-order valence-corrected chi connectivity index (χ2v) is 26.9. The van der Waals surface area contributed by atoms with Gasteiger partial charge in [0.25, 0.3) is 40.5 Å². The molecule has 0 atom stereocenters. The number of imidazole rings is 1. The van der Waals surface area contributed by atoms with E-state index in [0.717, 1.165) is 16.5 Å². The fourth-order valence-electron chi connectivity index (χ4n) is 7.66. The number of azo groups is 4. The zero-order chi connectivity index (χ0) is 59.7. The second-order valence-electron chi connectivity index (χ2n) is 18.1. The van der Waals surface area contributed by atoms with E-state index >= 15 is 0 Å². The molecule has 5 N–H and O–H groups in total. The van der Waals surface area contributed by atoms with Gasteiger partial charge in [-0.15, -0.1) is 44.0 Å². The third-order valence-corrected chi connectivity index (χ3v) is 17.6. The van der Waals surface area contributed by atoms with E-state index in [1.807, 2.05) is 6.07 Å². The third-order valence-electron chi connectivity index (χ3n) is 11.8. The summed E-state index contributed by atoms with van der Waals surface area (Å²) in [7, 11) is -17.4. The van der Waals surface area contributed by atoms with E-state index < -0.39 is 68.5 Å². The second kappa shape index (κ2) is 26.6. The first-order chi connectivity index (χ1) is 38.6. The molecule has 2 aromatic heterocycles. The Bertz CT molecular complexity index is 4250. The largest absolute Gasteiger partial charge is 0.493 e. The van der Waals surface area contributed by atoms with Crippen molar-refractivity contribution in [3.63, 3.8) is 0 Å². The Kier molecular flexibility index (Phi) is 20.4. The molecular weight excluding hydrogens is 1210 g/mol. The average Bonchev–Trinajstić information content (AvgIpc) is 2.19. The van der Waals surface area contributed by atoms with Crippen LogP contribution in [0.5, 0.6) is 11.6 Å². The number of hydrogen-bond donors (Lipinski definition) is 5. The topological polar surface area (TPSA) is 387 Å². The van der Waals surface area contributed by atoms with Crippen LogP contribution in [-0.4, -0.2) is 102 Å². The van der Waals surface area contributed by atoms with Gasteiger partial charge < -0.3 is 9.84 Å². The highest BCUT2D eigenvalue weighted by molar-refractivity contribution is 7.99. The van der Waals surface area contributed by atoms with Crippen LogP contribution in [0, 0.1) is 39.0 Å². The zero-order valence-corrected chi connectivity index (χ0v) is 49.4. The summed E-state index contributed by atoms with van der Waals surface area (Å²) in [6.45, 7) is 6.63. The van der Waals surface area contributed by atoms with Crippen molar-refractivity contribution >= 4 is 138 Å². The lowest BCUT2D eigenvalue weighted by Gasteiger charge is -2.12. The summed E-state index contributed by atoms with van der Waals surface area (Å²) in [6.07, 6.45) is 0.363. The van der Waals surface area contributed by atoms with E-state index in [1.165, 1.54) is 48.6 Å². The summed E-state index contributed by atoms with van der Waals surface area (Å²) in [5, 5.41) is 58.1. The normalized spacial score (nSPS) is 12.8. The van der Waals surface area contributed by atoms with Gasteiger partial charge in [-0.1, -0.05) is 11.6 Å². The van der Waals surface area contributed by atoms with E-state index in [2.05, 4.69) is 45.9 Å². The minimum atomic E-state index is -4.69. The smallest absolute Gasteiger partial charge is 0.294 e. The molecule has 0 radical (unpaired) electrons. The molecule has 0 aliphatic heterocycles. The number of nitrogens with zero attached hydrogens (tertiary/aromatic N) is 11. The lowest BCUT2D eigenvalue weighted by atomic mass is 10.1. The molecule has 0 saturated carbocycles. The molecule has 25 nitrogen and oxygen atoms in total. The van der Waals surface area contributed by atoms with Crippen molar-refractivity contribution in [1.29, 1.82) is 5.26 Å². The van der Waals surface area contributed by atoms with Gasteiger partial charge in [0.05, 0.1) is 73.9 Å². The maximum Gasteiger partial charge on any atom is 0.294 e. The number of benzene rings is 5. The number of rotatable bonds is 25. The number of ether oxygens (including phenoxy) is 1. The molecule has 32 heteroatoms.